The average Bonchev–Trinajstić information content (AvgIpc) is 2.67. The molecule has 19 heavy (non-hydrogen) atoms. The van der Waals surface area contributed by atoms with Gasteiger partial charge in [0, 0.05) is 19.7 Å². The molecule has 0 saturated carbocycles. The van der Waals surface area contributed by atoms with Crippen LogP contribution in [0, 0.1) is 12.8 Å². The zero-order valence-electron chi connectivity index (χ0n) is 12.1. The first kappa shape index (κ1) is 15.5. The van der Waals surface area contributed by atoms with Crippen molar-refractivity contribution >= 4 is 11.8 Å². The molecule has 6 heteroatoms. The highest BCUT2D eigenvalue weighted by Crippen LogP contribution is 2.12. The molecule has 1 atom stereocenters. The van der Waals surface area contributed by atoms with E-state index in [-0.39, 0.29) is 18.5 Å². The second-order valence-corrected chi connectivity index (χ2v) is 4.77. The van der Waals surface area contributed by atoms with Gasteiger partial charge in [0.1, 0.15) is 5.82 Å². The Bertz CT molecular complexity index is 413. The molecule has 0 aliphatic rings. The SMILES string of the molecule is CCC(CC)[C@@H](O)CNC(=O)Nc1cc(C)nn1C. The van der Waals surface area contributed by atoms with Crippen LogP contribution in [0.15, 0.2) is 6.07 Å². The van der Waals surface area contributed by atoms with Gasteiger partial charge < -0.3 is 10.4 Å². The zero-order chi connectivity index (χ0) is 14.4. The predicted molar refractivity (Wildman–Crippen MR) is 75.0 cm³/mol. The molecule has 1 rings (SSSR count). The van der Waals surface area contributed by atoms with E-state index in [1.54, 1.807) is 17.8 Å². The summed E-state index contributed by atoms with van der Waals surface area (Å²) in [6, 6.07) is 1.46. The van der Waals surface area contributed by atoms with Gasteiger partial charge in [-0.15, -0.1) is 0 Å². The van der Waals surface area contributed by atoms with Gasteiger partial charge in [-0.25, -0.2) is 4.79 Å². The minimum atomic E-state index is -0.506. The smallest absolute Gasteiger partial charge is 0.320 e. The number of urea groups is 1. The highest BCUT2D eigenvalue weighted by Gasteiger charge is 2.16. The van der Waals surface area contributed by atoms with Crippen LogP contribution >= 0.6 is 0 Å². The summed E-state index contributed by atoms with van der Waals surface area (Å²) in [7, 11) is 1.77. The fraction of sp³-hybridized carbons (Fsp3) is 0.692. The molecule has 6 nitrogen and oxygen atoms in total. The van der Waals surface area contributed by atoms with Gasteiger partial charge in [-0.1, -0.05) is 26.7 Å². The Kier molecular flexibility index (Phi) is 5.82. The van der Waals surface area contributed by atoms with E-state index in [0.29, 0.717) is 5.82 Å². The van der Waals surface area contributed by atoms with Crippen molar-refractivity contribution in [2.75, 3.05) is 11.9 Å². The van der Waals surface area contributed by atoms with Crippen molar-refractivity contribution in [3.05, 3.63) is 11.8 Å². The number of hydrogen-bond acceptors (Lipinski definition) is 3. The maximum atomic E-state index is 11.7. The lowest BCUT2D eigenvalue weighted by Crippen LogP contribution is -2.38. The van der Waals surface area contributed by atoms with Gasteiger partial charge in [-0.05, 0) is 12.8 Å². The van der Waals surface area contributed by atoms with E-state index in [4.69, 9.17) is 0 Å². The van der Waals surface area contributed by atoms with E-state index >= 15 is 0 Å². The zero-order valence-corrected chi connectivity index (χ0v) is 12.1. The third-order valence-corrected chi connectivity index (χ3v) is 3.31. The Morgan fingerprint density at radius 2 is 2.11 bits per heavy atom. The van der Waals surface area contributed by atoms with Crippen molar-refractivity contribution in [2.45, 2.75) is 39.7 Å². The van der Waals surface area contributed by atoms with Crippen LogP contribution < -0.4 is 10.6 Å². The van der Waals surface area contributed by atoms with Gasteiger partial charge in [0.2, 0.25) is 0 Å². The number of nitrogens with zero attached hydrogens (tertiary/aromatic N) is 2. The third-order valence-electron chi connectivity index (χ3n) is 3.31. The van der Waals surface area contributed by atoms with Crippen molar-refractivity contribution in [1.29, 1.82) is 0 Å². The van der Waals surface area contributed by atoms with Gasteiger partial charge in [-0.3, -0.25) is 10.00 Å². The Hall–Kier alpha value is -1.56. The summed E-state index contributed by atoms with van der Waals surface area (Å²) < 4.78 is 1.60. The first-order valence-corrected chi connectivity index (χ1v) is 6.71. The summed E-state index contributed by atoms with van der Waals surface area (Å²) in [6.45, 7) is 6.20. The standard InChI is InChI=1S/C13H24N4O2/c1-5-10(6-2)11(18)8-14-13(19)15-12-7-9(3)16-17(12)4/h7,10-11,18H,5-6,8H2,1-4H3,(H2,14,15,19)/t11-/m0/s1. The van der Waals surface area contributed by atoms with Crippen LogP contribution in [0.4, 0.5) is 10.6 Å². The van der Waals surface area contributed by atoms with E-state index in [1.807, 2.05) is 20.8 Å². The maximum absolute atomic E-state index is 11.7. The summed E-state index contributed by atoms with van der Waals surface area (Å²) in [4.78, 5) is 11.7. The predicted octanol–water partition coefficient (Wildman–Crippen LogP) is 1.65. The fourth-order valence-corrected chi connectivity index (χ4v) is 2.08. The Balaban J connectivity index is 2.42. The fourth-order valence-electron chi connectivity index (χ4n) is 2.08. The molecule has 0 bridgehead atoms. The lowest BCUT2D eigenvalue weighted by Gasteiger charge is -2.20. The molecule has 0 radical (unpaired) electrons. The van der Waals surface area contributed by atoms with Crippen molar-refractivity contribution in [3.63, 3.8) is 0 Å². The second kappa shape index (κ2) is 7.13. The van der Waals surface area contributed by atoms with Crippen LogP contribution in [0.2, 0.25) is 0 Å². The molecule has 1 aromatic heterocycles. The Labute approximate surface area is 114 Å². The number of aryl methyl sites for hydroxylation is 2. The summed E-state index contributed by atoms with van der Waals surface area (Å²) in [6.07, 6.45) is 1.30. The van der Waals surface area contributed by atoms with Gasteiger partial charge >= 0.3 is 6.03 Å². The number of nitrogens with one attached hydrogen (secondary N) is 2. The van der Waals surface area contributed by atoms with Gasteiger partial charge in [0.15, 0.2) is 0 Å². The minimum Gasteiger partial charge on any atom is -0.391 e. The first-order valence-electron chi connectivity index (χ1n) is 6.71. The number of carbonyl (C=O) groups excluding carboxylic acids is 1. The van der Waals surface area contributed by atoms with Gasteiger partial charge in [0.25, 0.3) is 0 Å². The minimum absolute atomic E-state index is 0.222. The van der Waals surface area contributed by atoms with E-state index in [2.05, 4.69) is 15.7 Å². The number of hydrogen-bond donors (Lipinski definition) is 3. The van der Waals surface area contributed by atoms with Crippen molar-refractivity contribution < 1.29 is 9.90 Å². The van der Waals surface area contributed by atoms with Crippen LogP contribution in [0.3, 0.4) is 0 Å². The van der Waals surface area contributed by atoms with E-state index in [0.717, 1.165) is 18.5 Å². The van der Waals surface area contributed by atoms with Crippen LogP contribution in [0.1, 0.15) is 32.4 Å². The molecular formula is C13H24N4O2. The lowest BCUT2D eigenvalue weighted by atomic mass is 9.97. The summed E-state index contributed by atoms with van der Waals surface area (Å²) >= 11 is 0. The molecule has 0 unspecified atom stereocenters. The molecule has 0 spiro atoms. The molecule has 0 aliphatic carbocycles. The summed E-state index contributed by atoms with van der Waals surface area (Å²) in [5, 5.41) is 19.4. The number of anilines is 1. The molecule has 3 N–H and O–H groups in total. The highest BCUT2D eigenvalue weighted by molar-refractivity contribution is 5.88. The van der Waals surface area contributed by atoms with E-state index < -0.39 is 6.10 Å². The Morgan fingerprint density at radius 3 is 2.58 bits per heavy atom. The maximum Gasteiger partial charge on any atom is 0.320 e. The molecule has 0 saturated heterocycles. The Morgan fingerprint density at radius 1 is 1.47 bits per heavy atom. The topological polar surface area (TPSA) is 79.2 Å². The number of rotatable bonds is 6. The number of amides is 2. The summed E-state index contributed by atoms with van der Waals surface area (Å²) in [5.74, 6) is 0.853. The number of aliphatic hydroxyl groups is 1. The molecule has 0 fully saturated rings. The number of aliphatic hydroxyl groups excluding tert-OH is 1. The van der Waals surface area contributed by atoms with Crippen molar-refractivity contribution in [2.24, 2.45) is 13.0 Å². The van der Waals surface area contributed by atoms with Crippen LogP contribution in [-0.4, -0.2) is 33.6 Å². The van der Waals surface area contributed by atoms with Crippen LogP contribution in [0.25, 0.3) is 0 Å². The monoisotopic (exact) mass is 268 g/mol. The molecule has 108 valence electrons. The lowest BCUT2D eigenvalue weighted by molar-refractivity contribution is 0.104. The largest absolute Gasteiger partial charge is 0.391 e. The van der Waals surface area contributed by atoms with Crippen molar-refractivity contribution in [1.82, 2.24) is 15.1 Å². The average molecular weight is 268 g/mol. The van der Waals surface area contributed by atoms with Gasteiger partial charge in [0.05, 0.1) is 11.8 Å². The quantitative estimate of drug-likeness (QED) is 0.734. The molecule has 1 heterocycles. The molecular weight excluding hydrogens is 244 g/mol. The molecule has 0 aliphatic heterocycles. The van der Waals surface area contributed by atoms with E-state index in [9.17, 15) is 9.90 Å². The third kappa shape index (κ3) is 4.55. The molecule has 0 aromatic carbocycles. The normalized spacial score (nSPS) is 12.5. The van der Waals surface area contributed by atoms with Gasteiger partial charge in [-0.2, -0.15) is 5.10 Å². The van der Waals surface area contributed by atoms with Crippen molar-refractivity contribution in [3.8, 4) is 0 Å². The number of carbonyl (C=O) groups is 1. The first-order chi connectivity index (χ1) is 8.97. The van der Waals surface area contributed by atoms with Crippen LogP contribution in [-0.2, 0) is 7.05 Å². The second-order valence-electron chi connectivity index (χ2n) is 4.77. The molecule has 2 amide bonds. The summed E-state index contributed by atoms with van der Waals surface area (Å²) in [5.41, 5.74) is 0.842. The van der Waals surface area contributed by atoms with E-state index in [1.165, 1.54) is 0 Å². The highest BCUT2D eigenvalue weighted by atomic mass is 16.3. The molecule has 1 aromatic rings. The van der Waals surface area contributed by atoms with Crippen LogP contribution in [0.5, 0.6) is 0 Å². The number of aromatic nitrogens is 2.